The highest BCUT2D eigenvalue weighted by molar-refractivity contribution is 5.50. The van der Waals surface area contributed by atoms with Gasteiger partial charge in [0, 0.05) is 7.05 Å². The van der Waals surface area contributed by atoms with Crippen LogP contribution < -0.4 is 10.6 Å². The third kappa shape index (κ3) is 3.83. The molecular weight excluding hydrogens is 255 g/mol. The van der Waals surface area contributed by atoms with Gasteiger partial charge in [-0.25, -0.2) is 8.78 Å². The number of hydrogen-bond acceptors (Lipinski definition) is 2. The SMILES string of the molecule is CN(CC(F)(F)F)c1c(F)cc(CCN)cc1F. The minimum absolute atomic E-state index is 0.205. The summed E-state index contributed by atoms with van der Waals surface area (Å²) < 4.78 is 63.6. The Morgan fingerprint density at radius 2 is 1.67 bits per heavy atom. The highest BCUT2D eigenvalue weighted by Gasteiger charge is 2.31. The van der Waals surface area contributed by atoms with E-state index in [9.17, 15) is 22.0 Å². The second-order valence-corrected chi connectivity index (χ2v) is 3.92. The monoisotopic (exact) mass is 268 g/mol. The molecule has 0 atom stereocenters. The van der Waals surface area contributed by atoms with Gasteiger partial charge < -0.3 is 10.6 Å². The van der Waals surface area contributed by atoms with Crippen molar-refractivity contribution in [3.8, 4) is 0 Å². The van der Waals surface area contributed by atoms with Crippen molar-refractivity contribution in [3.63, 3.8) is 0 Å². The van der Waals surface area contributed by atoms with Gasteiger partial charge in [0.15, 0.2) is 0 Å². The van der Waals surface area contributed by atoms with Crippen molar-refractivity contribution >= 4 is 5.69 Å². The maximum Gasteiger partial charge on any atom is 0.405 e. The van der Waals surface area contributed by atoms with Gasteiger partial charge in [0.2, 0.25) is 0 Å². The van der Waals surface area contributed by atoms with Gasteiger partial charge in [0.05, 0.1) is 0 Å². The fourth-order valence-corrected chi connectivity index (χ4v) is 1.64. The predicted octanol–water partition coefficient (Wildman–Crippen LogP) is 2.46. The highest BCUT2D eigenvalue weighted by Crippen LogP contribution is 2.27. The Morgan fingerprint density at radius 3 is 2.06 bits per heavy atom. The molecule has 0 aliphatic heterocycles. The van der Waals surface area contributed by atoms with Gasteiger partial charge in [0.1, 0.15) is 23.9 Å². The number of nitrogens with two attached hydrogens (primary N) is 1. The highest BCUT2D eigenvalue weighted by atomic mass is 19.4. The number of halogens is 5. The first-order chi connectivity index (χ1) is 8.24. The molecule has 2 nitrogen and oxygen atoms in total. The van der Waals surface area contributed by atoms with E-state index < -0.39 is 30.0 Å². The molecule has 0 amide bonds. The molecule has 0 bridgehead atoms. The quantitative estimate of drug-likeness (QED) is 0.850. The Labute approximate surface area is 101 Å². The molecule has 0 aliphatic carbocycles. The first-order valence-electron chi connectivity index (χ1n) is 5.20. The summed E-state index contributed by atoms with van der Waals surface area (Å²) in [4.78, 5) is 0.497. The zero-order valence-electron chi connectivity index (χ0n) is 9.69. The Morgan fingerprint density at radius 1 is 1.17 bits per heavy atom. The van der Waals surface area contributed by atoms with Crippen LogP contribution in [0, 0.1) is 11.6 Å². The lowest BCUT2D eigenvalue weighted by Crippen LogP contribution is -2.32. The zero-order chi connectivity index (χ0) is 13.9. The van der Waals surface area contributed by atoms with Gasteiger partial charge in [-0.3, -0.25) is 0 Å². The number of rotatable bonds is 4. The molecule has 0 aromatic heterocycles. The van der Waals surface area contributed by atoms with Crippen molar-refractivity contribution in [3.05, 3.63) is 29.3 Å². The number of alkyl halides is 3. The van der Waals surface area contributed by atoms with Gasteiger partial charge in [-0.05, 0) is 30.7 Å². The molecule has 0 aliphatic rings. The van der Waals surface area contributed by atoms with E-state index >= 15 is 0 Å². The van der Waals surface area contributed by atoms with E-state index in [1.807, 2.05) is 0 Å². The summed E-state index contributed by atoms with van der Waals surface area (Å²) >= 11 is 0. The van der Waals surface area contributed by atoms with Crippen LogP contribution in [0.3, 0.4) is 0 Å². The molecular formula is C11H13F5N2. The van der Waals surface area contributed by atoms with Crippen LogP contribution in [-0.4, -0.2) is 26.3 Å². The molecule has 1 aromatic carbocycles. The van der Waals surface area contributed by atoms with Crippen LogP contribution in [0.15, 0.2) is 12.1 Å². The largest absolute Gasteiger partial charge is 0.405 e. The topological polar surface area (TPSA) is 29.3 Å². The van der Waals surface area contributed by atoms with E-state index in [2.05, 4.69) is 0 Å². The van der Waals surface area contributed by atoms with Crippen molar-refractivity contribution in [1.82, 2.24) is 0 Å². The van der Waals surface area contributed by atoms with Crippen LogP contribution in [0.2, 0.25) is 0 Å². The molecule has 18 heavy (non-hydrogen) atoms. The van der Waals surface area contributed by atoms with E-state index in [-0.39, 0.29) is 13.0 Å². The van der Waals surface area contributed by atoms with Crippen molar-refractivity contribution < 1.29 is 22.0 Å². The third-order valence-electron chi connectivity index (χ3n) is 2.31. The first kappa shape index (κ1) is 14.7. The maximum absolute atomic E-state index is 13.6. The molecule has 1 rings (SSSR count). The van der Waals surface area contributed by atoms with E-state index in [0.29, 0.717) is 10.5 Å². The molecule has 102 valence electrons. The fraction of sp³-hybridized carbons (Fsp3) is 0.455. The zero-order valence-corrected chi connectivity index (χ0v) is 9.69. The van der Waals surface area contributed by atoms with Gasteiger partial charge in [-0.1, -0.05) is 0 Å². The molecule has 1 aromatic rings. The van der Waals surface area contributed by atoms with E-state index in [0.717, 1.165) is 19.2 Å². The van der Waals surface area contributed by atoms with Crippen LogP contribution in [0.5, 0.6) is 0 Å². The van der Waals surface area contributed by atoms with E-state index in [1.165, 1.54) is 0 Å². The van der Waals surface area contributed by atoms with Crippen molar-refractivity contribution in [1.29, 1.82) is 0 Å². The lowest BCUT2D eigenvalue weighted by atomic mass is 10.1. The van der Waals surface area contributed by atoms with Crippen LogP contribution in [0.25, 0.3) is 0 Å². The summed E-state index contributed by atoms with van der Waals surface area (Å²) in [6, 6.07) is 2.00. The number of benzene rings is 1. The summed E-state index contributed by atoms with van der Waals surface area (Å²) in [6.07, 6.45) is -4.26. The molecule has 0 unspecified atom stereocenters. The van der Waals surface area contributed by atoms with Crippen LogP contribution in [0.4, 0.5) is 27.6 Å². The minimum Gasteiger partial charge on any atom is -0.361 e. The summed E-state index contributed by atoms with van der Waals surface area (Å²) in [5.74, 6) is -2.05. The van der Waals surface area contributed by atoms with Crippen LogP contribution >= 0.6 is 0 Å². The van der Waals surface area contributed by atoms with Crippen LogP contribution in [-0.2, 0) is 6.42 Å². The fourth-order valence-electron chi connectivity index (χ4n) is 1.64. The van der Waals surface area contributed by atoms with E-state index in [4.69, 9.17) is 5.73 Å². The molecule has 0 radical (unpaired) electrons. The van der Waals surface area contributed by atoms with E-state index in [1.54, 1.807) is 0 Å². The second-order valence-electron chi connectivity index (χ2n) is 3.92. The Bertz CT molecular complexity index is 393. The van der Waals surface area contributed by atoms with Gasteiger partial charge >= 0.3 is 6.18 Å². The average Bonchev–Trinajstić information content (AvgIpc) is 2.13. The molecule has 0 saturated heterocycles. The van der Waals surface area contributed by atoms with Crippen molar-refractivity contribution in [2.24, 2.45) is 5.73 Å². The molecule has 0 heterocycles. The number of nitrogens with zero attached hydrogens (tertiary/aromatic N) is 1. The summed E-state index contributed by atoms with van der Waals surface area (Å²) in [5, 5.41) is 0. The lowest BCUT2D eigenvalue weighted by Gasteiger charge is -2.22. The smallest absolute Gasteiger partial charge is 0.361 e. The lowest BCUT2D eigenvalue weighted by molar-refractivity contribution is -0.119. The maximum atomic E-state index is 13.6. The average molecular weight is 268 g/mol. The van der Waals surface area contributed by atoms with Gasteiger partial charge in [0.25, 0.3) is 0 Å². The van der Waals surface area contributed by atoms with Crippen molar-refractivity contribution in [2.75, 3.05) is 25.0 Å². The number of hydrogen-bond donors (Lipinski definition) is 1. The Kier molecular flexibility index (Phi) is 4.50. The predicted molar refractivity (Wildman–Crippen MR) is 58.4 cm³/mol. The number of anilines is 1. The minimum atomic E-state index is -4.52. The summed E-state index contributed by atoms with van der Waals surface area (Å²) in [6.45, 7) is -1.21. The normalized spacial score (nSPS) is 11.7. The Hall–Kier alpha value is -1.37. The Balaban J connectivity index is 3.02. The first-order valence-corrected chi connectivity index (χ1v) is 5.20. The molecule has 0 spiro atoms. The third-order valence-corrected chi connectivity index (χ3v) is 2.31. The molecule has 7 heteroatoms. The van der Waals surface area contributed by atoms with Gasteiger partial charge in [-0.15, -0.1) is 0 Å². The summed E-state index contributed by atoms with van der Waals surface area (Å²) in [5.41, 5.74) is 4.87. The molecule has 0 saturated carbocycles. The van der Waals surface area contributed by atoms with Gasteiger partial charge in [-0.2, -0.15) is 13.2 Å². The standard InChI is InChI=1S/C11H13F5N2/c1-18(6-11(14,15)16)10-8(12)4-7(2-3-17)5-9(10)13/h4-5H,2-3,6,17H2,1H3. The molecule has 2 N–H and O–H groups in total. The molecule has 0 fully saturated rings. The van der Waals surface area contributed by atoms with Crippen molar-refractivity contribution in [2.45, 2.75) is 12.6 Å². The van der Waals surface area contributed by atoms with Crippen LogP contribution in [0.1, 0.15) is 5.56 Å². The second kappa shape index (κ2) is 5.51. The summed E-state index contributed by atoms with van der Waals surface area (Å²) in [7, 11) is 0.984.